The first-order valence-electron chi connectivity index (χ1n) is 5.88. The topological polar surface area (TPSA) is 96.3 Å². The molecular formula is C13H14N4O3. The number of anilines is 2. The molecule has 1 aromatic carbocycles. The van der Waals surface area contributed by atoms with Crippen molar-refractivity contribution in [3.05, 3.63) is 41.6 Å². The molecule has 1 aromatic heterocycles. The molecule has 0 saturated heterocycles. The second kappa shape index (κ2) is 5.43. The van der Waals surface area contributed by atoms with E-state index in [2.05, 4.69) is 15.7 Å². The number of benzene rings is 1. The van der Waals surface area contributed by atoms with Crippen molar-refractivity contribution >= 4 is 23.5 Å². The summed E-state index contributed by atoms with van der Waals surface area (Å²) in [6.07, 6.45) is 1.69. The average Bonchev–Trinajstić information content (AvgIpc) is 2.74. The first kappa shape index (κ1) is 13.6. The van der Waals surface area contributed by atoms with Gasteiger partial charge in [0, 0.05) is 19.3 Å². The lowest BCUT2D eigenvalue weighted by Gasteiger charge is -2.10. The van der Waals surface area contributed by atoms with Gasteiger partial charge in [0.15, 0.2) is 5.82 Å². The van der Waals surface area contributed by atoms with E-state index < -0.39 is 12.0 Å². The summed E-state index contributed by atoms with van der Waals surface area (Å²) in [4.78, 5) is 23.0. The van der Waals surface area contributed by atoms with E-state index in [1.54, 1.807) is 43.0 Å². The van der Waals surface area contributed by atoms with Crippen molar-refractivity contribution in [2.75, 3.05) is 10.6 Å². The van der Waals surface area contributed by atoms with Crippen LogP contribution in [0, 0.1) is 6.92 Å². The first-order chi connectivity index (χ1) is 9.47. The Morgan fingerprint density at radius 3 is 2.60 bits per heavy atom. The zero-order valence-electron chi connectivity index (χ0n) is 11.0. The molecule has 7 heteroatoms. The van der Waals surface area contributed by atoms with Crippen molar-refractivity contribution in [3.63, 3.8) is 0 Å². The molecule has 0 spiro atoms. The van der Waals surface area contributed by atoms with E-state index in [0.717, 1.165) is 0 Å². The summed E-state index contributed by atoms with van der Waals surface area (Å²) in [6, 6.07) is 5.98. The molecule has 7 nitrogen and oxygen atoms in total. The van der Waals surface area contributed by atoms with Crippen molar-refractivity contribution in [1.82, 2.24) is 9.78 Å². The van der Waals surface area contributed by atoms with Crippen LogP contribution >= 0.6 is 0 Å². The molecular weight excluding hydrogens is 260 g/mol. The molecule has 0 aliphatic heterocycles. The third-order valence-corrected chi connectivity index (χ3v) is 2.69. The smallest absolute Gasteiger partial charge is 0.338 e. The zero-order chi connectivity index (χ0) is 14.7. The average molecular weight is 274 g/mol. The maximum absolute atomic E-state index is 11.8. The Morgan fingerprint density at radius 2 is 2.00 bits per heavy atom. The number of urea groups is 1. The fourth-order valence-electron chi connectivity index (χ4n) is 1.81. The van der Waals surface area contributed by atoms with Crippen molar-refractivity contribution < 1.29 is 14.7 Å². The number of amides is 2. The Morgan fingerprint density at radius 1 is 1.25 bits per heavy atom. The van der Waals surface area contributed by atoms with Crippen molar-refractivity contribution in [3.8, 4) is 0 Å². The number of aromatic nitrogens is 2. The molecule has 0 bridgehead atoms. The first-order valence-corrected chi connectivity index (χ1v) is 5.88. The van der Waals surface area contributed by atoms with Gasteiger partial charge < -0.3 is 10.4 Å². The Bertz CT molecular complexity index is 663. The van der Waals surface area contributed by atoms with Gasteiger partial charge in [-0.3, -0.25) is 10.00 Å². The Labute approximate surface area is 115 Å². The van der Waals surface area contributed by atoms with Crippen LogP contribution in [-0.4, -0.2) is 26.9 Å². The third-order valence-electron chi connectivity index (χ3n) is 2.69. The van der Waals surface area contributed by atoms with E-state index >= 15 is 0 Å². The highest BCUT2D eigenvalue weighted by Crippen LogP contribution is 2.19. The number of carbonyl (C=O) groups excluding carboxylic acids is 1. The van der Waals surface area contributed by atoms with Gasteiger partial charge in [-0.15, -0.1) is 0 Å². The van der Waals surface area contributed by atoms with Gasteiger partial charge in [-0.2, -0.15) is 5.10 Å². The Kier molecular flexibility index (Phi) is 3.69. The second-order valence-corrected chi connectivity index (χ2v) is 4.26. The molecule has 0 radical (unpaired) electrons. The van der Waals surface area contributed by atoms with Crippen molar-refractivity contribution in [1.29, 1.82) is 0 Å². The van der Waals surface area contributed by atoms with Crippen molar-refractivity contribution in [2.45, 2.75) is 6.92 Å². The van der Waals surface area contributed by atoms with Crippen molar-refractivity contribution in [2.24, 2.45) is 7.05 Å². The third kappa shape index (κ3) is 2.94. The number of aromatic carboxylic acids is 1. The van der Waals surface area contributed by atoms with Crippen LogP contribution in [0.4, 0.5) is 16.3 Å². The van der Waals surface area contributed by atoms with E-state index in [0.29, 0.717) is 11.4 Å². The van der Waals surface area contributed by atoms with Gasteiger partial charge in [-0.05, 0) is 18.6 Å². The van der Waals surface area contributed by atoms with Crippen LogP contribution in [0.1, 0.15) is 15.9 Å². The predicted molar refractivity (Wildman–Crippen MR) is 74.0 cm³/mol. The lowest BCUT2D eigenvalue weighted by molar-refractivity contribution is 0.0697. The number of nitrogens with one attached hydrogen (secondary N) is 2. The monoisotopic (exact) mass is 274 g/mol. The van der Waals surface area contributed by atoms with Crippen LogP contribution in [0.2, 0.25) is 0 Å². The number of aryl methyl sites for hydroxylation is 2. The van der Waals surface area contributed by atoms with Crippen LogP contribution in [0.25, 0.3) is 0 Å². The van der Waals surface area contributed by atoms with Crippen LogP contribution in [-0.2, 0) is 7.05 Å². The summed E-state index contributed by atoms with van der Waals surface area (Å²) in [7, 11) is 1.73. The minimum absolute atomic E-state index is 0.0728. The lowest BCUT2D eigenvalue weighted by atomic mass is 10.1. The highest BCUT2D eigenvalue weighted by molar-refractivity contribution is 6.04. The van der Waals surface area contributed by atoms with Crippen LogP contribution < -0.4 is 10.6 Å². The molecule has 0 atom stereocenters. The minimum Gasteiger partial charge on any atom is -0.478 e. The van der Waals surface area contributed by atoms with Gasteiger partial charge in [-0.25, -0.2) is 9.59 Å². The minimum atomic E-state index is -1.09. The van der Waals surface area contributed by atoms with Gasteiger partial charge in [-0.1, -0.05) is 12.1 Å². The predicted octanol–water partition coefficient (Wildman–Crippen LogP) is 2.07. The van der Waals surface area contributed by atoms with E-state index in [9.17, 15) is 9.59 Å². The SMILES string of the molecule is Cc1cccc(NC(=O)Nc2ccn(C)n2)c1C(=O)O. The molecule has 20 heavy (non-hydrogen) atoms. The van der Waals surface area contributed by atoms with Gasteiger partial charge in [0.2, 0.25) is 0 Å². The number of hydrogen-bond donors (Lipinski definition) is 3. The zero-order valence-corrected chi connectivity index (χ0v) is 11.0. The number of rotatable bonds is 3. The number of hydrogen-bond acceptors (Lipinski definition) is 3. The van der Waals surface area contributed by atoms with Crippen LogP contribution in [0.15, 0.2) is 30.5 Å². The standard InChI is InChI=1S/C13H14N4O3/c1-8-4-3-5-9(11(8)12(18)19)14-13(20)15-10-6-7-17(2)16-10/h3-7H,1-2H3,(H,18,19)(H2,14,15,16,20). The molecule has 0 fully saturated rings. The molecule has 0 aliphatic carbocycles. The number of nitrogens with zero attached hydrogens (tertiary/aromatic N) is 2. The highest BCUT2D eigenvalue weighted by atomic mass is 16.4. The molecule has 0 aliphatic rings. The molecule has 2 rings (SSSR count). The maximum atomic E-state index is 11.8. The Hall–Kier alpha value is -2.83. The van der Waals surface area contributed by atoms with E-state index in [1.807, 2.05) is 0 Å². The number of carbonyl (C=O) groups is 2. The molecule has 0 unspecified atom stereocenters. The van der Waals surface area contributed by atoms with Gasteiger partial charge >= 0.3 is 12.0 Å². The second-order valence-electron chi connectivity index (χ2n) is 4.26. The van der Waals surface area contributed by atoms with E-state index in [4.69, 9.17) is 5.11 Å². The maximum Gasteiger partial charge on any atom is 0.338 e. The van der Waals surface area contributed by atoms with E-state index in [1.165, 1.54) is 6.07 Å². The van der Waals surface area contributed by atoms with Gasteiger partial charge in [0.25, 0.3) is 0 Å². The molecule has 0 saturated carbocycles. The molecule has 2 amide bonds. The summed E-state index contributed by atoms with van der Waals surface area (Å²) < 4.78 is 1.55. The molecule has 2 aromatic rings. The summed E-state index contributed by atoms with van der Waals surface area (Å²) in [5.41, 5.74) is 0.891. The largest absolute Gasteiger partial charge is 0.478 e. The molecule has 1 heterocycles. The summed E-state index contributed by atoms with van der Waals surface area (Å²) in [5, 5.41) is 18.2. The fraction of sp³-hybridized carbons (Fsp3) is 0.154. The van der Waals surface area contributed by atoms with Gasteiger partial charge in [0.1, 0.15) is 0 Å². The molecule has 104 valence electrons. The highest BCUT2D eigenvalue weighted by Gasteiger charge is 2.15. The van der Waals surface area contributed by atoms with E-state index in [-0.39, 0.29) is 11.3 Å². The number of carboxylic acid groups (broad SMARTS) is 1. The lowest BCUT2D eigenvalue weighted by Crippen LogP contribution is -2.21. The van der Waals surface area contributed by atoms with Crippen LogP contribution in [0.3, 0.4) is 0 Å². The summed E-state index contributed by atoms with van der Waals surface area (Å²) in [6.45, 7) is 1.67. The quantitative estimate of drug-likeness (QED) is 0.798. The normalized spacial score (nSPS) is 10.1. The van der Waals surface area contributed by atoms with Crippen LogP contribution in [0.5, 0.6) is 0 Å². The van der Waals surface area contributed by atoms with Gasteiger partial charge in [0.05, 0.1) is 11.3 Å². The Balaban J connectivity index is 2.16. The summed E-state index contributed by atoms with van der Waals surface area (Å²) in [5.74, 6) is -0.703. The fourth-order valence-corrected chi connectivity index (χ4v) is 1.81. The molecule has 3 N–H and O–H groups in total. The number of carboxylic acids is 1. The summed E-state index contributed by atoms with van der Waals surface area (Å²) >= 11 is 0.